The van der Waals surface area contributed by atoms with Crippen molar-refractivity contribution in [2.24, 2.45) is 4.99 Å². The summed E-state index contributed by atoms with van der Waals surface area (Å²) in [6.45, 7) is 4.92. The molecule has 0 saturated heterocycles. The standard InChI is InChI=1S/C23H25N5O7/c1-5-23(19(21(30)31)24-9-10-25-23)27-20(29)16-12(2)26-13(3)17(22(32)35-4)18(16)14-7-6-8-15(11-14)28(33)34/h6-11,18,25-26H,5H2,1-4H3,(H,27,29)(H,30,31). The number of aliphatic imine (C=N–C) groups is 1. The first-order valence-corrected chi connectivity index (χ1v) is 10.6. The number of benzene rings is 1. The van der Waals surface area contributed by atoms with Crippen molar-refractivity contribution in [2.45, 2.75) is 38.8 Å². The van der Waals surface area contributed by atoms with E-state index in [0.29, 0.717) is 17.0 Å². The molecule has 1 amide bonds. The van der Waals surface area contributed by atoms with Crippen LogP contribution in [0.5, 0.6) is 0 Å². The molecule has 2 atom stereocenters. The van der Waals surface area contributed by atoms with E-state index >= 15 is 0 Å². The van der Waals surface area contributed by atoms with Crippen LogP contribution in [0.1, 0.15) is 38.7 Å². The number of hydrogen-bond donors (Lipinski definition) is 4. The van der Waals surface area contributed by atoms with Gasteiger partial charge in [0.25, 0.3) is 11.6 Å². The van der Waals surface area contributed by atoms with Crippen molar-refractivity contribution in [1.29, 1.82) is 0 Å². The van der Waals surface area contributed by atoms with Gasteiger partial charge in [-0.1, -0.05) is 19.1 Å². The van der Waals surface area contributed by atoms with Gasteiger partial charge in [0.2, 0.25) is 0 Å². The maximum Gasteiger partial charge on any atom is 0.354 e. The van der Waals surface area contributed by atoms with Crippen LogP contribution in [0.25, 0.3) is 0 Å². The van der Waals surface area contributed by atoms with Gasteiger partial charge in [0.15, 0.2) is 11.4 Å². The average molecular weight is 483 g/mol. The van der Waals surface area contributed by atoms with E-state index < -0.39 is 34.3 Å². The van der Waals surface area contributed by atoms with Crippen LogP contribution < -0.4 is 16.0 Å². The Balaban J connectivity index is 2.16. The molecule has 0 radical (unpaired) electrons. The molecule has 1 aromatic carbocycles. The van der Waals surface area contributed by atoms with E-state index in [9.17, 15) is 29.6 Å². The van der Waals surface area contributed by atoms with Crippen LogP contribution in [-0.4, -0.2) is 46.4 Å². The maximum absolute atomic E-state index is 13.7. The molecular weight excluding hydrogens is 458 g/mol. The first kappa shape index (κ1) is 25.1. The normalized spacial score (nSPS) is 21.5. The molecule has 0 spiro atoms. The predicted octanol–water partition coefficient (Wildman–Crippen LogP) is 1.83. The zero-order chi connectivity index (χ0) is 25.9. The van der Waals surface area contributed by atoms with Gasteiger partial charge < -0.3 is 25.8 Å². The van der Waals surface area contributed by atoms with E-state index in [1.165, 1.54) is 37.7 Å². The predicted molar refractivity (Wildman–Crippen MR) is 125 cm³/mol. The lowest BCUT2D eigenvalue weighted by Crippen LogP contribution is -2.65. The summed E-state index contributed by atoms with van der Waals surface area (Å²) in [4.78, 5) is 53.1. The Morgan fingerprint density at radius 3 is 2.54 bits per heavy atom. The largest absolute Gasteiger partial charge is 0.477 e. The number of carbonyl (C=O) groups excluding carboxylic acids is 2. The van der Waals surface area contributed by atoms with Gasteiger partial charge in [-0.15, -0.1) is 0 Å². The number of dihydropyridines is 1. The van der Waals surface area contributed by atoms with Crippen molar-refractivity contribution < 1.29 is 29.2 Å². The molecule has 2 heterocycles. The molecule has 12 nitrogen and oxygen atoms in total. The number of non-ortho nitro benzene ring substituents is 1. The number of amides is 1. The SMILES string of the molecule is CCC1(NC(=O)C2=C(C)NC(C)=C(C(=O)OC)C2c2cccc([N+](=O)[O-])c2)NC=CN=C1C(=O)O. The van der Waals surface area contributed by atoms with Crippen molar-refractivity contribution in [1.82, 2.24) is 16.0 Å². The highest BCUT2D eigenvalue weighted by Gasteiger charge is 2.44. The molecule has 0 saturated carbocycles. The minimum Gasteiger partial charge on any atom is -0.477 e. The lowest BCUT2D eigenvalue weighted by molar-refractivity contribution is -0.384. The number of nitrogens with zero attached hydrogens (tertiary/aromatic N) is 2. The van der Waals surface area contributed by atoms with Crippen molar-refractivity contribution >= 4 is 29.2 Å². The van der Waals surface area contributed by atoms with E-state index in [4.69, 9.17) is 4.74 Å². The Kier molecular flexibility index (Phi) is 7.04. The Morgan fingerprint density at radius 1 is 1.26 bits per heavy atom. The Morgan fingerprint density at radius 2 is 1.94 bits per heavy atom. The molecule has 2 aliphatic rings. The summed E-state index contributed by atoms with van der Waals surface area (Å²) in [6, 6.07) is 5.62. The number of methoxy groups -OCH3 is 1. The number of aliphatic carboxylic acids is 1. The molecular formula is C23H25N5O7. The lowest BCUT2D eigenvalue weighted by atomic mass is 9.79. The number of nitro benzene ring substituents is 1. The molecule has 0 aromatic heterocycles. The van der Waals surface area contributed by atoms with Gasteiger partial charge in [-0.3, -0.25) is 14.9 Å². The number of nitro groups is 1. The monoisotopic (exact) mass is 483 g/mol. The van der Waals surface area contributed by atoms with Crippen LogP contribution >= 0.6 is 0 Å². The third-order valence-corrected chi connectivity index (χ3v) is 5.90. The molecule has 12 heteroatoms. The second-order valence-corrected chi connectivity index (χ2v) is 7.93. The number of nitrogens with one attached hydrogen (secondary N) is 3. The molecule has 2 unspecified atom stereocenters. The van der Waals surface area contributed by atoms with E-state index in [1.54, 1.807) is 26.8 Å². The summed E-state index contributed by atoms with van der Waals surface area (Å²) in [5, 5.41) is 29.7. The first-order valence-electron chi connectivity index (χ1n) is 10.6. The van der Waals surface area contributed by atoms with Gasteiger partial charge in [0, 0.05) is 41.5 Å². The van der Waals surface area contributed by atoms with E-state index in [2.05, 4.69) is 20.9 Å². The topological polar surface area (TPSA) is 172 Å². The minimum atomic E-state index is -1.53. The number of allylic oxidation sites excluding steroid dienone is 2. The Hall–Kier alpha value is -4.48. The van der Waals surface area contributed by atoms with E-state index in [1.807, 2.05) is 0 Å². The minimum absolute atomic E-state index is 0.0745. The highest BCUT2D eigenvalue weighted by Crippen LogP contribution is 2.40. The molecule has 35 heavy (non-hydrogen) atoms. The third-order valence-electron chi connectivity index (χ3n) is 5.90. The average Bonchev–Trinajstić information content (AvgIpc) is 2.83. The van der Waals surface area contributed by atoms with Crippen molar-refractivity contribution in [3.05, 3.63) is 74.9 Å². The van der Waals surface area contributed by atoms with Crippen molar-refractivity contribution in [3.63, 3.8) is 0 Å². The quantitative estimate of drug-likeness (QED) is 0.256. The van der Waals surface area contributed by atoms with Crippen molar-refractivity contribution in [2.75, 3.05) is 7.11 Å². The van der Waals surface area contributed by atoms with Gasteiger partial charge in [-0.05, 0) is 25.8 Å². The molecule has 0 fully saturated rings. The highest BCUT2D eigenvalue weighted by molar-refractivity contribution is 6.40. The Bertz CT molecular complexity index is 1230. The summed E-state index contributed by atoms with van der Waals surface area (Å²) >= 11 is 0. The molecule has 3 rings (SSSR count). The van der Waals surface area contributed by atoms with E-state index in [-0.39, 0.29) is 29.0 Å². The lowest BCUT2D eigenvalue weighted by Gasteiger charge is -2.37. The van der Waals surface area contributed by atoms with Crippen LogP contribution in [-0.2, 0) is 19.1 Å². The number of rotatable bonds is 7. The molecule has 4 N–H and O–H groups in total. The van der Waals surface area contributed by atoms with Gasteiger partial charge in [-0.2, -0.15) is 0 Å². The molecule has 0 aliphatic carbocycles. The van der Waals surface area contributed by atoms with Crippen LogP contribution in [0.4, 0.5) is 5.69 Å². The van der Waals surface area contributed by atoms with Crippen LogP contribution in [0.2, 0.25) is 0 Å². The zero-order valence-electron chi connectivity index (χ0n) is 19.5. The highest BCUT2D eigenvalue weighted by atomic mass is 16.6. The fourth-order valence-corrected chi connectivity index (χ4v) is 4.25. The first-order chi connectivity index (χ1) is 16.6. The molecule has 2 aliphatic heterocycles. The summed E-state index contributed by atoms with van der Waals surface area (Å²) in [7, 11) is 1.19. The van der Waals surface area contributed by atoms with E-state index in [0.717, 1.165) is 0 Å². The molecule has 0 bridgehead atoms. The zero-order valence-corrected chi connectivity index (χ0v) is 19.5. The number of ether oxygens (including phenoxy) is 1. The van der Waals surface area contributed by atoms with Gasteiger partial charge in [0.05, 0.1) is 23.5 Å². The summed E-state index contributed by atoms with van der Waals surface area (Å²) in [5.41, 5.74) is -0.772. The fourth-order valence-electron chi connectivity index (χ4n) is 4.25. The van der Waals surface area contributed by atoms with Crippen LogP contribution in [0, 0.1) is 10.1 Å². The number of hydrogen-bond acceptors (Lipinski definition) is 9. The molecule has 1 aromatic rings. The fraction of sp³-hybridized carbons (Fsp3) is 0.304. The number of carbonyl (C=O) groups is 3. The van der Waals surface area contributed by atoms with Crippen LogP contribution in [0.3, 0.4) is 0 Å². The van der Waals surface area contributed by atoms with Crippen LogP contribution in [0.15, 0.2) is 64.2 Å². The Labute approximate surface area is 200 Å². The summed E-state index contributed by atoms with van der Waals surface area (Å²) < 4.78 is 4.95. The second-order valence-electron chi connectivity index (χ2n) is 7.93. The second kappa shape index (κ2) is 9.79. The number of carboxylic acids is 1. The van der Waals surface area contributed by atoms with Gasteiger partial charge >= 0.3 is 11.9 Å². The van der Waals surface area contributed by atoms with Crippen molar-refractivity contribution in [3.8, 4) is 0 Å². The molecule has 184 valence electrons. The number of esters is 1. The summed E-state index contributed by atoms with van der Waals surface area (Å²) in [5.74, 6) is -3.76. The summed E-state index contributed by atoms with van der Waals surface area (Å²) in [6.07, 6.45) is 2.82. The smallest absolute Gasteiger partial charge is 0.354 e. The van der Waals surface area contributed by atoms with Gasteiger partial charge in [0.1, 0.15) is 0 Å². The third kappa shape index (κ3) is 4.63. The van der Waals surface area contributed by atoms with Gasteiger partial charge in [-0.25, -0.2) is 14.6 Å². The maximum atomic E-state index is 13.7. The number of carboxylic acid groups (broad SMARTS) is 1.